The first-order valence-electron chi connectivity index (χ1n) is 7.93. The largest absolute Gasteiger partial charge is 0.444 e. The van der Waals surface area contributed by atoms with Gasteiger partial charge in [0.25, 0.3) is 0 Å². The molecule has 0 radical (unpaired) electrons. The Morgan fingerprint density at radius 3 is 2.23 bits per heavy atom. The molecule has 2 aliphatic heterocycles. The average Bonchev–Trinajstić information content (AvgIpc) is 2.81. The van der Waals surface area contributed by atoms with Gasteiger partial charge in [-0.2, -0.15) is 0 Å². The number of nitrogens with one attached hydrogen (secondary N) is 1. The second-order valence-electron chi connectivity index (χ2n) is 8.24. The van der Waals surface area contributed by atoms with E-state index in [1.165, 1.54) is 0 Å². The van der Waals surface area contributed by atoms with Gasteiger partial charge in [-0.15, -0.1) is 0 Å². The highest BCUT2D eigenvalue weighted by atomic mass is 16.6. The molecule has 1 saturated carbocycles. The molecule has 3 atom stereocenters. The van der Waals surface area contributed by atoms with Gasteiger partial charge in [-0.05, 0) is 53.9 Å². The van der Waals surface area contributed by atoms with Crippen molar-refractivity contribution in [3.8, 4) is 0 Å². The molecule has 22 heavy (non-hydrogen) atoms. The van der Waals surface area contributed by atoms with E-state index in [9.17, 15) is 9.59 Å². The number of carbonyl (C=O) groups excluding carboxylic acids is 2. The molecule has 3 aliphatic rings. The Bertz CT molecular complexity index is 450. The lowest BCUT2D eigenvalue weighted by Gasteiger charge is -2.36. The van der Waals surface area contributed by atoms with Crippen molar-refractivity contribution in [3.63, 3.8) is 0 Å². The third-order valence-corrected chi connectivity index (χ3v) is 3.98. The van der Waals surface area contributed by atoms with Crippen molar-refractivity contribution < 1.29 is 19.1 Å². The van der Waals surface area contributed by atoms with Gasteiger partial charge >= 0.3 is 12.2 Å². The highest BCUT2D eigenvalue weighted by molar-refractivity contribution is 5.70. The summed E-state index contributed by atoms with van der Waals surface area (Å²) < 4.78 is 10.7. The molecule has 1 aliphatic carbocycles. The van der Waals surface area contributed by atoms with Crippen LogP contribution < -0.4 is 5.32 Å². The number of nitrogens with zero attached hydrogens (tertiary/aromatic N) is 1. The van der Waals surface area contributed by atoms with Crippen molar-refractivity contribution in [2.45, 2.75) is 65.2 Å². The molecule has 0 aromatic carbocycles. The minimum absolute atomic E-state index is 0.176. The summed E-state index contributed by atoms with van der Waals surface area (Å²) in [5.41, 5.74) is -0.973. The molecule has 0 spiro atoms. The fraction of sp³-hybridized carbons (Fsp3) is 0.875. The van der Waals surface area contributed by atoms with E-state index < -0.39 is 17.3 Å². The van der Waals surface area contributed by atoms with Crippen molar-refractivity contribution in [1.82, 2.24) is 10.2 Å². The number of hydrogen-bond donors (Lipinski definition) is 1. The van der Waals surface area contributed by atoms with Gasteiger partial charge in [-0.25, -0.2) is 9.59 Å². The normalized spacial score (nSPS) is 27.2. The Labute approximate surface area is 132 Å². The van der Waals surface area contributed by atoms with Crippen molar-refractivity contribution in [3.05, 3.63) is 0 Å². The van der Waals surface area contributed by atoms with Gasteiger partial charge in [-0.1, -0.05) is 0 Å². The molecule has 6 heteroatoms. The maximum atomic E-state index is 12.2. The van der Waals surface area contributed by atoms with E-state index >= 15 is 0 Å². The summed E-state index contributed by atoms with van der Waals surface area (Å²) in [4.78, 5) is 25.7. The Morgan fingerprint density at radius 1 is 1.09 bits per heavy atom. The molecule has 126 valence electrons. The Kier molecular flexibility index (Phi) is 4.33. The van der Waals surface area contributed by atoms with Crippen LogP contribution in [0.25, 0.3) is 0 Å². The maximum Gasteiger partial charge on any atom is 0.410 e. The number of ether oxygens (including phenoxy) is 2. The molecule has 2 amide bonds. The number of amides is 2. The molecule has 0 aromatic heterocycles. The van der Waals surface area contributed by atoms with E-state index in [1.807, 2.05) is 41.5 Å². The fourth-order valence-electron chi connectivity index (χ4n) is 3.08. The van der Waals surface area contributed by atoms with Crippen LogP contribution in [0, 0.1) is 11.8 Å². The van der Waals surface area contributed by atoms with E-state index in [2.05, 4.69) is 5.32 Å². The molecule has 2 bridgehead atoms. The van der Waals surface area contributed by atoms with Gasteiger partial charge in [0.05, 0.1) is 0 Å². The van der Waals surface area contributed by atoms with Gasteiger partial charge in [0.1, 0.15) is 11.2 Å². The molecule has 3 rings (SSSR count). The molecular weight excluding hydrogens is 284 g/mol. The molecule has 3 fully saturated rings. The molecule has 1 N–H and O–H groups in total. The van der Waals surface area contributed by atoms with Crippen molar-refractivity contribution in [2.24, 2.45) is 11.8 Å². The lowest BCUT2D eigenvalue weighted by Crippen LogP contribution is -2.48. The minimum atomic E-state index is -0.495. The van der Waals surface area contributed by atoms with Gasteiger partial charge < -0.3 is 19.7 Å². The molecule has 2 saturated heterocycles. The lowest BCUT2D eigenvalue weighted by molar-refractivity contribution is 0.0198. The summed E-state index contributed by atoms with van der Waals surface area (Å²) in [6.45, 7) is 12.4. The zero-order chi connectivity index (χ0) is 16.7. The lowest BCUT2D eigenvalue weighted by atomic mass is 9.74. The topological polar surface area (TPSA) is 67.9 Å². The predicted octanol–water partition coefficient (Wildman–Crippen LogP) is 2.77. The number of alkyl carbamates (subject to hydrolysis) is 1. The van der Waals surface area contributed by atoms with Crippen LogP contribution in [-0.4, -0.2) is 47.4 Å². The molecule has 2 heterocycles. The third kappa shape index (κ3) is 4.05. The Morgan fingerprint density at radius 2 is 1.68 bits per heavy atom. The summed E-state index contributed by atoms with van der Waals surface area (Å²) in [6, 6.07) is 0.176. The summed E-state index contributed by atoms with van der Waals surface area (Å²) in [7, 11) is 0. The Hall–Kier alpha value is -1.46. The number of fused-ring (bicyclic) bond motifs is 1. The zero-order valence-corrected chi connectivity index (χ0v) is 14.4. The summed E-state index contributed by atoms with van der Waals surface area (Å²) >= 11 is 0. The standard InChI is InChI=1S/C16H28N2O4/c1-15(2,3)21-13(19)17-8-11-10-7-12(11)18(9-10)14(20)22-16(4,5)6/h10-12H,7-9H2,1-6H3,(H,17,19)/t10-,11+,12-/m1/s1. The van der Waals surface area contributed by atoms with E-state index in [-0.39, 0.29) is 12.1 Å². The van der Waals surface area contributed by atoms with Crippen molar-refractivity contribution >= 4 is 12.2 Å². The SMILES string of the molecule is CC(C)(C)OC(=O)NC[C@H]1[C@@H]2C[C@H]1N(C(=O)OC(C)(C)C)C2. The van der Waals surface area contributed by atoms with Gasteiger partial charge in [-0.3, -0.25) is 0 Å². The quantitative estimate of drug-likeness (QED) is 0.851. The molecule has 0 unspecified atom stereocenters. The molecule has 6 nitrogen and oxygen atoms in total. The second kappa shape index (κ2) is 5.63. The van der Waals surface area contributed by atoms with E-state index in [1.54, 1.807) is 4.90 Å². The average molecular weight is 312 g/mol. The van der Waals surface area contributed by atoms with E-state index in [0.717, 1.165) is 13.0 Å². The minimum Gasteiger partial charge on any atom is -0.444 e. The summed E-state index contributed by atoms with van der Waals surface area (Å²) in [5, 5.41) is 2.81. The molecular formula is C16H28N2O4. The summed E-state index contributed by atoms with van der Waals surface area (Å²) in [6.07, 6.45) is 0.349. The summed E-state index contributed by atoms with van der Waals surface area (Å²) in [5.74, 6) is 0.757. The van der Waals surface area contributed by atoms with E-state index in [4.69, 9.17) is 9.47 Å². The number of carbonyl (C=O) groups is 2. The zero-order valence-electron chi connectivity index (χ0n) is 14.4. The first-order chi connectivity index (χ1) is 9.96. The van der Waals surface area contributed by atoms with Crippen LogP contribution in [0.15, 0.2) is 0 Å². The van der Waals surface area contributed by atoms with Gasteiger partial charge in [0.15, 0.2) is 0 Å². The van der Waals surface area contributed by atoms with Crippen molar-refractivity contribution in [1.29, 1.82) is 0 Å². The maximum absolute atomic E-state index is 12.2. The number of hydrogen-bond acceptors (Lipinski definition) is 4. The van der Waals surface area contributed by atoms with Crippen LogP contribution in [0.2, 0.25) is 0 Å². The third-order valence-electron chi connectivity index (χ3n) is 3.98. The van der Waals surface area contributed by atoms with Gasteiger partial charge in [0.2, 0.25) is 0 Å². The predicted molar refractivity (Wildman–Crippen MR) is 82.6 cm³/mol. The van der Waals surface area contributed by atoms with Crippen molar-refractivity contribution in [2.75, 3.05) is 13.1 Å². The Balaban J connectivity index is 1.80. The fourth-order valence-corrected chi connectivity index (χ4v) is 3.08. The highest BCUT2D eigenvalue weighted by Crippen LogP contribution is 2.46. The van der Waals surface area contributed by atoms with Crippen LogP contribution in [0.3, 0.4) is 0 Å². The van der Waals surface area contributed by atoms with E-state index in [0.29, 0.717) is 18.4 Å². The van der Waals surface area contributed by atoms with Crippen LogP contribution in [0.4, 0.5) is 9.59 Å². The monoisotopic (exact) mass is 312 g/mol. The highest BCUT2D eigenvalue weighted by Gasteiger charge is 2.54. The smallest absolute Gasteiger partial charge is 0.410 e. The first kappa shape index (κ1) is 16.9. The van der Waals surface area contributed by atoms with Crippen LogP contribution in [0.5, 0.6) is 0 Å². The van der Waals surface area contributed by atoms with Crippen LogP contribution >= 0.6 is 0 Å². The first-order valence-corrected chi connectivity index (χ1v) is 7.93. The molecule has 0 aromatic rings. The van der Waals surface area contributed by atoms with Crippen LogP contribution in [-0.2, 0) is 9.47 Å². The van der Waals surface area contributed by atoms with Crippen LogP contribution in [0.1, 0.15) is 48.0 Å². The second-order valence-corrected chi connectivity index (χ2v) is 8.24. The number of rotatable bonds is 2. The van der Waals surface area contributed by atoms with Gasteiger partial charge in [0, 0.05) is 25.0 Å².